The molecule has 28 heavy (non-hydrogen) atoms. The minimum absolute atomic E-state index is 0.133. The van der Waals surface area contributed by atoms with Crippen molar-refractivity contribution < 1.29 is 28.5 Å². The van der Waals surface area contributed by atoms with Crippen LogP contribution in [0.1, 0.15) is 43.0 Å². The normalized spacial score (nSPS) is 16.6. The van der Waals surface area contributed by atoms with Crippen LogP contribution in [0.3, 0.4) is 0 Å². The molecule has 0 aromatic heterocycles. The first-order chi connectivity index (χ1) is 13.6. The first-order valence-electron chi connectivity index (χ1n) is 9.34. The van der Waals surface area contributed by atoms with Crippen LogP contribution >= 0.6 is 11.8 Å². The summed E-state index contributed by atoms with van der Waals surface area (Å²) >= 11 is 1.72. The Morgan fingerprint density at radius 1 is 1.07 bits per heavy atom. The molecule has 1 unspecified atom stereocenters. The van der Waals surface area contributed by atoms with Crippen LogP contribution in [-0.2, 0) is 14.3 Å². The van der Waals surface area contributed by atoms with Gasteiger partial charge in [0, 0.05) is 30.7 Å². The van der Waals surface area contributed by atoms with Crippen molar-refractivity contribution in [3.05, 3.63) is 17.7 Å². The van der Waals surface area contributed by atoms with Gasteiger partial charge >= 0.3 is 5.97 Å². The molecule has 156 valence electrons. The van der Waals surface area contributed by atoms with E-state index in [1.54, 1.807) is 33.1 Å². The highest BCUT2D eigenvalue weighted by Gasteiger charge is 2.33. The third-order valence-corrected chi connectivity index (χ3v) is 5.97. The molecule has 0 N–H and O–H groups in total. The van der Waals surface area contributed by atoms with E-state index in [9.17, 15) is 9.59 Å². The highest BCUT2D eigenvalue weighted by Crippen LogP contribution is 2.48. The second kappa shape index (κ2) is 11.0. The molecule has 1 fully saturated rings. The predicted octanol–water partition coefficient (Wildman–Crippen LogP) is 3.41. The minimum atomic E-state index is -0.197. The molecule has 0 spiro atoms. The van der Waals surface area contributed by atoms with Crippen molar-refractivity contribution in [2.75, 3.05) is 40.7 Å². The number of carbonyl (C=O) groups excluding carboxylic acids is 2. The molecule has 1 aromatic rings. The molecule has 1 aliphatic heterocycles. The van der Waals surface area contributed by atoms with Crippen LogP contribution in [0.25, 0.3) is 0 Å². The van der Waals surface area contributed by atoms with E-state index in [1.807, 2.05) is 17.0 Å². The Labute approximate surface area is 170 Å². The van der Waals surface area contributed by atoms with Crippen molar-refractivity contribution in [2.45, 2.75) is 37.5 Å². The van der Waals surface area contributed by atoms with E-state index in [0.717, 1.165) is 30.6 Å². The van der Waals surface area contributed by atoms with Gasteiger partial charge in [-0.2, -0.15) is 0 Å². The topological polar surface area (TPSA) is 74.3 Å². The Morgan fingerprint density at radius 3 is 2.46 bits per heavy atom. The number of ether oxygens (including phenoxy) is 4. The van der Waals surface area contributed by atoms with Crippen LogP contribution in [0.5, 0.6) is 17.2 Å². The summed E-state index contributed by atoms with van der Waals surface area (Å²) in [5.41, 5.74) is 0.896. The van der Waals surface area contributed by atoms with E-state index >= 15 is 0 Å². The van der Waals surface area contributed by atoms with Crippen LogP contribution in [0.4, 0.5) is 0 Å². The van der Waals surface area contributed by atoms with Gasteiger partial charge in [0.05, 0.1) is 28.4 Å². The first-order valence-corrected chi connectivity index (χ1v) is 10.4. The van der Waals surface area contributed by atoms with Crippen molar-refractivity contribution in [1.29, 1.82) is 0 Å². The molecule has 1 heterocycles. The number of hydrogen-bond acceptors (Lipinski definition) is 7. The fraction of sp³-hybridized carbons (Fsp3) is 0.600. The third-order valence-electron chi connectivity index (χ3n) is 4.70. The summed E-state index contributed by atoms with van der Waals surface area (Å²) in [6, 6.07) is 3.77. The van der Waals surface area contributed by atoms with Gasteiger partial charge in [0.1, 0.15) is 5.37 Å². The fourth-order valence-electron chi connectivity index (χ4n) is 3.27. The van der Waals surface area contributed by atoms with Crippen LogP contribution in [-0.4, -0.2) is 57.5 Å². The standard InChI is InChI=1S/C20H29NO6S/c1-24-15-10-9-14(18(26-3)19(15)27-4)20-21(16(22)11-13-28-20)12-7-5-6-8-17(23)25-2/h9-10,20H,5-8,11-13H2,1-4H3. The summed E-state index contributed by atoms with van der Waals surface area (Å²) in [6.07, 6.45) is 3.38. The van der Waals surface area contributed by atoms with Crippen LogP contribution < -0.4 is 14.2 Å². The van der Waals surface area contributed by atoms with Crippen LogP contribution in [0, 0.1) is 0 Å². The maximum atomic E-state index is 12.6. The number of carbonyl (C=O) groups is 2. The van der Waals surface area contributed by atoms with E-state index in [2.05, 4.69) is 4.74 Å². The summed E-state index contributed by atoms with van der Waals surface area (Å²) in [4.78, 5) is 25.7. The lowest BCUT2D eigenvalue weighted by Gasteiger charge is -2.36. The molecule has 0 saturated carbocycles. The molecule has 0 radical (unpaired) electrons. The number of rotatable bonds is 10. The second-order valence-electron chi connectivity index (χ2n) is 6.37. The summed E-state index contributed by atoms with van der Waals surface area (Å²) in [5, 5.41) is -0.142. The lowest BCUT2D eigenvalue weighted by atomic mass is 10.1. The van der Waals surface area contributed by atoms with Gasteiger partial charge in [0.2, 0.25) is 11.7 Å². The summed E-state index contributed by atoms with van der Waals surface area (Å²) in [6.45, 7) is 0.634. The van der Waals surface area contributed by atoms with Crippen molar-refractivity contribution in [3.8, 4) is 17.2 Å². The van der Waals surface area contributed by atoms with E-state index in [-0.39, 0.29) is 17.3 Å². The van der Waals surface area contributed by atoms with Crippen molar-refractivity contribution in [3.63, 3.8) is 0 Å². The largest absolute Gasteiger partial charge is 0.493 e. The lowest BCUT2D eigenvalue weighted by Crippen LogP contribution is -2.38. The molecule has 1 atom stereocenters. The summed E-state index contributed by atoms with van der Waals surface area (Å²) < 4.78 is 21.1. The maximum absolute atomic E-state index is 12.6. The number of amides is 1. The summed E-state index contributed by atoms with van der Waals surface area (Å²) in [5.74, 6) is 2.40. The molecule has 1 amide bonds. The second-order valence-corrected chi connectivity index (χ2v) is 7.56. The van der Waals surface area contributed by atoms with Crippen LogP contribution in [0.15, 0.2) is 12.1 Å². The Hall–Kier alpha value is -2.09. The average Bonchev–Trinajstić information content (AvgIpc) is 2.72. The smallest absolute Gasteiger partial charge is 0.305 e. The van der Waals surface area contributed by atoms with Gasteiger partial charge in [-0.05, 0) is 25.0 Å². The zero-order chi connectivity index (χ0) is 20.5. The minimum Gasteiger partial charge on any atom is -0.493 e. The van der Waals surface area contributed by atoms with Crippen LogP contribution in [0.2, 0.25) is 0 Å². The number of unbranched alkanes of at least 4 members (excludes halogenated alkanes) is 2. The van der Waals surface area contributed by atoms with Gasteiger partial charge in [0.15, 0.2) is 11.5 Å². The number of thioether (sulfide) groups is 1. The molecule has 0 aliphatic carbocycles. The van der Waals surface area contributed by atoms with Crippen molar-refractivity contribution in [2.24, 2.45) is 0 Å². The highest BCUT2D eigenvalue weighted by molar-refractivity contribution is 7.99. The fourth-order valence-corrected chi connectivity index (χ4v) is 4.55. The average molecular weight is 412 g/mol. The number of nitrogens with zero attached hydrogens (tertiary/aromatic N) is 1. The molecular weight excluding hydrogens is 382 g/mol. The summed E-state index contributed by atoms with van der Waals surface area (Å²) in [7, 11) is 6.14. The Bertz CT molecular complexity index is 681. The molecule has 0 bridgehead atoms. The zero-order valence-corrected chi connectivity index (χ0v) is 17.8. The van der Waals surface area contributed by atoms with Gasteiger partial charge in [0.25, 0.3) is 0 Å². The number of hydrogen-bond donors (Lipinski definition) is 0. The Kier molecular flexibility index (Phi) is 8.76. The van der Waals surface area contributed by atoms with Gasteiger partial charge in [-0.25, -0.2) is 0 Å². The SMILES string of the molecule is COC(=O)CCCCCN1C(=O)CCSC1c1ccc(OC)c(OC)c1OC. The molecule has 1 aromatic carbocycles. The third kappa shape index (κ3) is 5.25. The molecule has 7 nitrogen and oxygen atoms in total. The van der Waals surface area contributed by atoms with E-state index < -0.39 is 0 Å². The molecule has 2 rings (SSSR count). The molecular formula is C20H29NO6S. The van der Waals surface area contributed by atoms with Crippen molar-refractivity contribution in [1.82, 2.24) is 4.90 Å². The number of benzene rings is 1. The van der Waals surface area contributed by atoms with E-state index in [4.69, 9.17) is 14.2 Å². The number of esters is 1. The molecule has 1 aliphatic rings. The monoisotopic (exact) mass is 411 g/mol. The maximum Gasteiger partial charge on any atom is 0.305 e. The highest BCUT2D eigenvalue weighted by atomic mass is 32.2. The van der Waals surface area contributed by atoms with E-state index in [0.29, 0.717) is 36.6 Å². The van der Waals surface area contributed by atoms with Crippen molar-refractivity contribution >= 4 is 23.6 Å². The van der Waals surface area contributed by atoms with Gasteiger partial charge < -0.3 is 23.8 Å². The first kappa shape index (κ1) is 22.2. The Balaban J connectivity index is 2.15. The van der Waals surface area contributed by atoms with Gasteiger partial charge in [-0.3, -0.25) is 9.59 Å². The number of methoxy groups -OCH3 is 4. The Morgan fingerprint density at radius 2 is 1.82 bits per heavy atom. The quantitative estimate of drug-likeness (QED) is 0.431. The van der Waals surface area contributed by atoms with Gasteiger partial charge in [-0.15, -0.1) is 11.8 Å². The predicted molar refractivity (Wildman–Crippen MR) is 108 cm³/mol. The van der Waals surface area contributed by atoms with E-state index in [1.165, 1.54) is 7.11 Å². The molecule has 8 heteroatoms. The van der Waals surface area contributed by atoms with Gasteiger partial charge in [-0.1, -0.05) is 6.42 Å². The molecule has 1 saturated heterocycles. The zero-order valence-electron chi connectivity index (χ0n) is 17.0. The lowest BCUT2D eigenvalue weighted by molar-refractivity contribution is -0.140.